The minimum absolute atomic E-state index is 0.00482. The van der Waals surface area contributed by atoms with Crippen LogP contribution in [0.3, 0.4) is 0 Å². The molecule has 114 valence electrons. The van der Waals surface area contributed by atoms with Crippen molar-refractivity contribution in [2.45, 2.75) is 38.3 Å². The fourth-order valence-corrected chi connectivity index (χ4v) is 3.51. The molecule has 4 heteroatoms. The number of carbonyl (C=O) groups is 1. The van der Waals surface area contributed by atoms with Gasteiger partial charge < -0.3 is 9.84 Å². The van der Waals surface area contributed by atoms with Crippen LogP contribution in [0.15, 0.2) is 24.3 Å². The van der Waals surface area contributed by atoms with Gasteiger partial charge in [0.2, 0.25) is 0 Å². The van der Waals surface area contributed by atoms with Crippen molar-refractivity contribution in [2.75, 3.05) is 19.7 Å². The van der Waals surface area contributed by atoms with Gasteiger partial charge in [0.05, 0.1) is 12.7 Å². The van der Waals surface area contributed by atoms with E-state index in [9.17, 15) is 9.90 Å². The van der Waals surface area contributed by atoms with Crippen molar-refractivity contribution in [3.63, 3.8) is 0 Å². The van der Waals surface area contributed by atoms with Crippen molar-refractivity contribution < 1.29 is 14.6 Å². The molecular formula is C17H23NO3. The third-order valence-electron chi connectivity index (χ3n) is 4.75. The monoisotopic (exact) mass is 289 g/mol. The van der Waals surface area contributed by atoms with Crippen LogP contribution < -0.4 is 0 Å². The average Bonchev–Trinajstić information content (AvgIpc) is 2.49. The Bertz CT molecular complexity index is 517. The van der Waals surface area contributed by atoms with Crippen molar-refractivity contribution >= 4 is 5.97 Å². The average molecular weight is 289 g/mol. The first-order valence-electron chi connectivity index (χ1n) is 7.81. The summed E-state index contributed by atoms with van der Waals surface area (Å²) in [7, 11) is 0. The van der Waals surface area contributed by atoms with Crippen molar-refractivity contribution in [1.29, 1.82) is 0 Å². The highest BCUT2D eigenvalue weighted by molar-refractivity contribution is 5.73. The van der Waals surface area contributed by atoms with Gasteiger partial charge in [-0.25, -0.2) is 0 Å². The fourth-order valence-electron chi connectivity index (χ4n) is 3.51. The molecule has 1 N–H and O–H groups in total. The molecular weight excluding hydrogens is 266 g/mol. The van der Waals surface area contributed by atoms with Gasteiger partial charge in [0.15, 0.2) is 0 Å². The predicted molar refractivity (Wildman–Crippen MR) is 80.2 cm³/mol. The summed E-state index contributed by atoms with van der Waals surface area (Å²) < 4.78 is 5.93. The lowest BCUT2D eigenvalue weighted by Crippen LogP contribution is -2.48. The lowest BCUT2D eigenvalue weighted by molar-refractivity contribution is -0.146. The number of hydrogen-bond donors (Lipinski definition) is 1. The molecule has 0 aliphatic carbocycles. The van der Waals surface area contributed by atoms with Gasteiger partial charge in [-0.2, -0.15) is 0 Å². The molecule has 4 nitrogen and oxygen atoms in total. The Balaban J connectivity index is 1.75. The van der Waals surface area contributed by atoms with Crippen LogP contribution in [0.1, 0.15) is 37.0 Å². The van der Waals surface area contributed by atoms with Crippen LogP contribution in [0.5, 0.6) is 0 Å². The third kappa shape index (κ3) is 3.11. The van der Waals surface area contributed by atoms with E-state index in [1.165, 1.54) is 11.1 Å². The molecule has 3 unspecified atom stereocenters. The maximum atomic E-state index is 11.5. The van der Waals surface area contributed by atoms with Crippen LogP contribution in [-0.2, 0) is 16.0 Å². The molecule has 0 amide bonds. The van der Waals surface area contributed by atoms with Gasteiger partial charge in [0, 0.05) is 6.54 Å². The normalized spacial score (nSPS) is 29.9. The highest BCUT2D eigenvalue weighted by Gasteiger charge is 2.34. The standard InChI is InChI=1S/C17H23NO3/c1-12-6-8-18(15(10-12)17(19)20)11-16-14-5-3-2-4-13(14)7-9-21-16/h2-5,12,15-16H,6-11H2,1H3,(H,19,20). The maximum absolute atomic E-state index is 11.5. The molecule has 3 atom stereocenters. The summed E-state index contributed by atoms with van der Waals surface area (Å²) in [6.45, 7) is 4.39. The van der Waals surface area contributed by atoms with E-state index in [1.54, 1.807) is 0 Å². The van der Waals surface area contributed by atoms with Gasteiger partial charge in [0.1, 0.15) is 6.04 Å². The molecule has 2 aliphatic heterocycles. The lowest BCUT2D eigenvalue weighted by atomic mass is 9.91. The molecule has 21 heavy (non-hydrogen) atoms. The smallest absolute Gasteiger partial charge is 0.320 e. The quantitative estimate of drug-likeness (QED) is 0.929. The number of carboxylic acid groups (broad SMARTS) is 1. The molecule has 1 saturated heterocycles. The molecule has 1 fully saturated rings. The number of nitrogens with zero attached hydrogens (tertiary/aromatic N) is 1. The molecule has 2 aliphatic rings. The number of benzene rings is 1. The number of hydrogen-bond acceptors (Lipinski definition) is 3. The van der Waals surface area contributed by atoms with E-state index in [-0.39, 0.29) is 12.1 Å². The van der Waals surface area contributed by atoms with Crippen molar-refractivity contribution in [2.24, 2.45) is 5.92 Å². The second kappa shape index (κ2) is 6.16. The van der Waals surface area contributed by atoms with E-state index in [2.05, 4.69) is 30.0 Å². The van der Waals surface area contributed by atoms with Crippen molar-refractivity contribution in [3.8, 4) is 0 Å². The van der Waals surface area contributed by atoms with E-state index in [0.29, 0.717) is 12.5 Å². The van der Waals surface area contributed by atoms with E-state index in [0.717, 1.165) is 32.4 Å². The molecule has 0 spiro atoms. The zero-order chi connectivity index (χ0) is 14.8. The minimum atomic E-state index is -0.703. The molecule has 1 aromatic rings. The maximum Gasteiger partial charge on any atom is 0.320 e. The molecule has 0 radical (unpaired) electrons. The third-order valence-corrected chi connectivity index (χ3v) is 4.75. The fraction of sp³-hybridized carbons (Fsp3) is 0.588. The molecule has 0 saturated carbocycles. The summed E-state index contributed by atoms with van der Waals surface area (Å²) in [5.74, 6) is -0.215. The highest BCUT2D eigenvalue weighted by atomic mass is 16.5. The van der Waals surface area contributed by atoms with E-state index in [1.807, 2.05) is 6.07 Å². The Hall–Kier alpha value is -1.39. The van der Waals surface area contributed by atoms with Crippen molar-refractivity contribution in [1.82, 2.24) is 4.90 Å². The molecule has 3 rings (SSSR count). The van der Waals surface area contributed by atoms with E-state index < -0.39 is 5.97 Å². The number of rotatable bonds is 3. The van der Waals surface area contributed by atoms with Crippen LogP contribution in [0.4, 0.5) is 0 Å². The van der Waals surface area contributed by atoms with Crippen LogP contribution in [0.2, 0.25) is 0 Å². The summed E-state index contributed by atoms with van der Waals surface area (Å²) >= 11 is 0. The zero-order valence-corrected chi connectivity index (χ0v) is 12.5. The van der Waals surface area contributed by atoms with Gasteiger partial charge in [-0.15, -0.1) is 0 Å². The highest BCUT2D eigenvalue weighted by Crippen LogP contribution is 2.30. The Labute approximate surface area is 125 Å². The van der Waals surface area contributed by atoms with Crippen LogP contribution in [-0.4, -0.2) is 41.7 Å². The number of likely N-dealkylation sites (tertiary alicyclic amines) is 1. The molecule has 0 bridgehead atoms. The Kier molecular flexibility index (Phi) is 4.27. The number of carboxylic acids is 1. The van der Waals surface area contributed by atoms with E-state index >= 15 is 0 Å². The number of ether oxygens (including phenoxy) is 1. The SMILES string of the molecule is CC1CCN(CC2OCCc3ccccc32)C(C(=O)O)C1. The minimum Gasteiger partial charge on any atom is -0.480 e. The number of fused-ring (bicyclic) bond motifs is 1. The van der Waals surface area contributed by atoms with Crippen LogP contribution in [0.25, 0.3) is 0 Å². The number of piperidine rings is 1. The topological polar surface area (TPSA) is 49.8 Å². The van der Waals surface area contributed by atoms with E-state index in [4.69, 9.17) is 4.74 Å². The van der Waals surface area contributed by atoms with Gasteiger partial charge >= 0.3 is 5.97 Å². The van der Waals surface area contributed by atoms with Gasteiger partial charge in [-0.1, -0.05) is 31.2 Å². The first kappa shape index (κ1) is 14.5. The van der Waals surface area contributed by atoms with Crippen molar-refractivity contribution in [3.05, 3.63) is 35.4 Å². The summed E-state index contributed by atoms with van der Waals surface area (Å²) in [6, 6.07) is 7.99. The summed E-state index contributed by atoms with van der Waals surface area (Å²) in [5.41, 5.74) is 2.57. The van der Waals surface area contributed by atoms with Gasteiger partial charge in [0.25, 0.3) is 0 Å². The molecule has 0 aromatic heterocycles. The second-order valence-corrected chi connectivity index (χ2v) is 6.29. The largest absolute Gasteiger partial charge is 0.480 e. The summed E-state index contributed by atoms with van der Waals surface area (Å²) in [4.78, 5) is 13.6. The van der Waals surface area contributed by atoms with Crippen LogP contribution in [0, 0.1) is 5.92 Å². The van der Waals surface area contributed by atoms with Gasteiger partial charge in [-0.3, -0.25) is 9.69 Å². The molecule has 2 heterocycles. The first-order chi connectivity index (χ1) is 10.1. The summed E-state index contributed by atoms with van der Waals surface area (Å²) in [6.07, 6.45) is 2.76. The Morgan fingerprint density at radius 1 is 1.43 bits per heavy atom. The first-order valence-corrected chi connectivity index (χ1v) is 7.81. The predicted octanol–water partition coefficient (Wildman–Crippen LogP) is 2.49. The Morgan fingerprint density at radius 2 is 2.24 bits per heavy atom. The zero-order valence-electron chi connectivity index (χ0n) is 12.5. The number of aliphatic carboxylic acids is 1. The Morgan fingerprint density at radius 3 is 3.05 bits per heavy atom. The van der Waals surface area contributed by atoms with Gasteiger partial charge in [-0.05, 0) is 42.9 Å². The van der Waals surface area contributed by atoms with Crippen LogP contribution >= 0.6 is 0 Å². The summed E-state index contributed by atoms with van der Waals surface area (Å²) in [5, 5.41) is 9.47. The second-order valence-electron chi connectivity index (χ2n) is 6.29. The lowest BCUT2D eigenvalue weighted by Gasteiger charge is -2.39. The molecule has 1 aromatic carbocycles.